The summed E-state index contributed by atoms with van der Waals surface area (Å²) in [6.07, 6.45) is -3.16. The zero-order valence-corrected chi connectivity index (χ0v) is 6.71. The molecule has 0 aromatic heterocycles. The molecule has 1 rings (SSSR count). The monoisotopic (exact) mass is 189 g/mol. The van der Waals surface area contributed by atoms with Crippen molar-refractivity contribution in [1.29, 1.82) is 0 Å². The van der Waals surface area contributed by atoms with Crippen molar-refractivity contribution in [2.24, 2.45) is 11.7 Å². The zero-order valence-electron chi connectivity index (χ0n) is 5.90. The van der Waals surface area contributed by atoms with Crippen LogP contribution in [-0.2, 0) is 0 Å². The molecule has 1 aliphatic carbocycles. The van der Waals surface area contributed by atoms with Crippen LogP contribution in [-0.4, -0.2) is 12.2 Å². The lowest BCUT2D eigenvalue weighted by Gasteiger charge is -2.12. The van der Waals surface area contributed by atoms with Crippen molar-refractivity contribution in [1.82, 2.24) is 0 Å². The standard InChI is InChI=1S/C6H10F3N.ClH/c7-6(8,9)3-5(10)4-1-2-4;/h4-5H,1-3,10H2;1H/t5-;/m0./s1. The lowest BCUT2D eigenvalue weighted by atomic mass is 10.1. The molecule has 1 fully saturated rings. The van der Waals surface area contributed by atoms with Crippen LogP contribution in [0.15, 0.2) is 0 Å². The van der Waals surface area contributed by atoms with E-state index >= 15 is 0 Å². The van der Waals surface area contributed by atoms with Gasteiger partial charge in [-0.25, -0.2) is 0 Å². The van der Waals surface area contributed by atoms with Crippen LogP contribution in [0, 0.1) is 5.92 Å². The third-order valence-electron chi connectivity index (χ3n) is 1.69. The van der Waals surface area contributed by atoms with Crippen LogP contribution in [0.25, 0.3) is 0 Å². The van der Waals surface area contributed by atoms with Gasteiger partial charge >= 0.3 is 6.18 Å². The van der Waals surface area contributed by atoms with Gasteiger partial charge in [-0.15, -0.1) is 12.4 Å². The molecule has 0 bridgehead atoms. The van der Waals surface area contributed by atoms with Crippen molar-refractivity contribution < 1.29 is 13.2 Å². The van der Waals surface area contributed by atoms with Crippen LogP contribution in [0.1, 0.15) is 19.3 Å². The highest BCUT2D eigenvalue weighted by Crippen LogP contribution is 2.36. The molecule has 1 saturated carbocycles. The Hall–Kier alpha value is 0.0400. The molecule has 0 heterocycles. The Labute approximate surface area is 69.5 Å². The maximum Gasteiger partial charge on any atom is 0.390 e. The summed E-state index contributed by atoms with van der Waals surface area (Å²) in [6, 6.07) is -0.653. The van der Waals surface area contributed by atoms with E-state index in [9.17, 15) is 13.2 Å². The third kappa shape index (κ3) is 4.48. The first-order valence-corrected chi connectivity index (χ1v) is 3.31. The molecule has 0 aliphatic heterocycles. The molecule has 1 atom stereocenters. The molecule has 1 aliphatic rings. The second-order valence-corrected chi connectivity index (χ2v) is 2.82. The lowest BCUT2D eigenvalue weighted by molar-refractivity contribution is -0.139. The Morgan fingerprint density at radius 1 is 1.36 bits per heavy atom. The highest BCUT2D eigenvalue weighted by Gasteiger charge is 2.37. The van der Waals surface area contributed by atoms with Crippen molar-refractivity contribution in [3.05, 3.63) is 0 Å². The summed E-state index contributed by atoms with van der Waals surface area (Å²) in [4.78, 5) is 0. The summed E-state index contributed by atoms with van der Waals surface area (Å²) >= 11 is 0. The zero-order chi connectivity index (χ0) is 7.78. The second kappa shape index (κ2) is 3.63. The van der Waals surface area contributed by atoms with Gasteiger partial charge in [0.25, 0.3) is 0 Å². The fourth-order valence-corrected chi connectivity index (χ4v) is 0.958. The molecule has 68 valence electrons. The minimum Gasteiger partial charge on any atom is -0.327 e. The molecule has 0 unspecified atom stereocenters. The van der Waals surface area contributed by atoms with E-state index in [2.05, 4.69) is 0 Å². The van der Waals surface area contributed by atoms with E-state index < -0.39 is 18.6 Å². The van der Waals surface area contributed by atoms with Gasteiger partial charge in [0.15, 0.2) is 0 Å². The molecule has 0 saturated heterocycles. The predicted molar refractivity (Wildman–Crippen MR) is 38.6 cm³/mol. The third-order valence-corrected chi connectivity index (χ3v) is 1.69. The quantitative estimate of drug-likeness (QED) is 0.708. The average molecular weight is 190 g/mol. The average Bonchev–Trinajstić information content (AvgIpc) is 2.35. The summed E-state index contributed by atoms with van der Waals surface area (Å²) in [5.41, 5.74) is 5.25. The minimum absolute atomic E-state index is 0. The van der Waals surface area contributed by atoms with Crippen molar-refractivity contribution in [2.75, 3.05) is 0 Å². The van der Waals surface area contributed by atoms with Gasteiger partial charge in [-0.1, -0.05) is 0 Å². The SMILES string of the molecule is Cl.N[C@@H](CC(F)(F)F)C1CC1. The summed E-state index contributed by atoms with van der Waals surface area (Å²) in [5.74, 6) is 0.140. The van der Waals surface area contributed by atoms with E-state index in [0.717, 1.165) is 12.8 Å². The molecule has 0 radical (unpaired) electrons. The first-order chi connectivity index (χ1) is 4.49. The maximum absolute atomic E-state index is 11.6. The summed E-state index contributed by atoms with van der Waals surface area (Å²) < 4.78 is 34.8. The largest absolute Gasteiger partial charge is 0.390 e. The predicted octanol–water partition coefficient (Wildman–Crippen LogP) is 2.10. The van der Waals surface area contributed by atoms with Gasteiger partial charge in [-0.3, -0.25) is 0 Å². The van der Waals surface area contributed by atoms with Crippen LogP contribution in [0.4, 0.5) is 13.2 Å². The van der Waals surface area contributed by atoms with Gasteiger partial charge in [0.1, 0.15) is 0 Å². The van der Waals surface area contributed by atoms with E-state index in [1.807, 2.05) is 0 Å². The van der Waals surface area contributed by atoms with E-state index in [4.69, 9.17) is 5.73 Å². The number of alkyl halides is 3. The number of rotatable bonds is 2. The van der Waals surface area contributed by atoms with Gasteiger partial charge in [-0.2, -0.15) is 13.2 Å². The summed E-state index contributed by atoms with van der Waals surface area (Å²) in [7, 11) is 0. The van der Waals surface area contributed by atoms with Crippen LogP contribution in [0.2, 0.25) is 0 Å². The van der Waals surface area contributed by atoms with E-state index in [-0.39, 0.29) is 18.3 Å². The number of halogens is 4. The molecule has 0 aromatic carbocycles. The van der Waals surface area contributed by atoms with Crippen LogP contribution in [0.3, 0.4) is 0 Å². The molecule has 5 heteroatoms. The number of nitrogens with two attached hydrogens (primary N) is 1. The van der Waals surface area contributed by atoms with Gasteiger partial charge in [0.05, 0.1) is 6.42 Å². The Balaban J connectivity index is 0.000001000. The van der Waals surface area contributed by atoms with Crippen LogP contribution in [0.5, 0.6) is 0 Å². The topological polar surface area (TPSA) is 26.0 Å². The molecule has 0 spiro atoms. The highest BCUT2D eigenvalue weighted by atomic mass is 35.5. The minimum atomic E-state index is -4.08. The second-order valence-electron chi connectivity index (χ2n) is 2.82. The smallest absolute Gasteiger partial charge is 0.327 e. The van der Waals surface area contributed by atoms with Gasteiger partial charge in [0, 0.05) is 6.04 Å². The first kappa shape index (κ1) is 11.0. The Morgan fingerprint density at radius 3 is 2.09 bits per heavy atom. The Bertz CT molecular complexity index is 121. The van der Waals surface area contributed by atoms with Gasteiger partial charge in [-0.05, 0) is 18.8 Å². The Kier molecular flexibility index (Phi) is 3.64. The van der Waals surface area contributed by atoms with E-state index in [1.165, 1.54) is 0 Å². The highest BCUT2D eigenvalue weighted by molar-refractivity contribution is 5.85. The number of hydrogen-bond acceptors (Lipinski definition) is 1. The maximum atomic E-state index is 11.6. The first-order valence-electron chi connectivity index (χ1n) is 3.31. The fraction of sp³-hybridized carbons (Fsp3) is 1.00. The summed E-state index contributed by atoms with van der Waals surface area (Å²) in [5, 5.41) is 0. The molecular weight excluding hydrogens is 179 g/mol. The van der Waals surface area contributed by atoms with Crippen molar-refractivity contribution >= 4 is 12.4 Å². The molecule has 0 amide bonds. The molecular formula is C6H11ClF3N. The van der Waals surface area contributed by atoms with Crippen molar-refractivity contribution in [2.45, 2.75) is 31.5 Å². The van der Waals surface area contributed by atoms with Gasteiger partial charge < -0.3 is 5.73 Å². The van der Waals surface area contributed by atoms with Crippen LogP contribution >= 0.6 is 12.4 Å². The normalized spacial score (nSPS) is 20.7. The van der Waals surface area contributed by atoms with E-state index in [1.54, 1.807) is 0 Å². The van der Waals surface area contributed by atoms with E-state index in [0.29, 0.717) is 0 Å². The fourth-order valence-electron chi connectivity index (χ4n) is 0.958. The summed E-state index contributed by atoms with van der Waals surface area (Å²) in [6.45, 7) is 0. The molecule has 0 aromatic rings. The van der Waals surface area contributed by atoms with Crippen LogP contribution < -0.4 is 5.73 Å². The molecule has 11 heavy (non-hydrogen) atoms. The van der Waals surface area contributed by atoms with Crippen molar-refractivity contribution in [3.8, 4) is 0 Å². The molecule has 1 nitrogen and oxygen atoms in total. The lowest BCUT2D eigenvalue weighted by Crippen LogP contribution is -2.29. The van der Waals surface area contributed by atoms with Gasteiger partial charge in [0.2, 0.25) is 0 Å². The Morgan fingerprint density at radius 2 is 1.82 bits per heavy atom. The van der Waals surface area contributed by atoms with Crippen molar-refractivity contribution in [3.63, 3.8) is 0 Å². The number of hydrogen-bond donors (Lipinski definition) is 1. The molecule has 2 N–H and O–H groups in total.